The molecule has 2 heteroatoms. The van der Waals surface area contributed by atoms with Crippen LogP contribution < -0.4 is 0 Å². The summed E-state index contributed by atoms with van der Waals surface area (Å²) in [6.07, 6.45) is 7.70. The molecule has 0 aliphatic heterocycles. The van der Waals surface area contributed by atoms with E-state index in [4.69, 9.17) is 0 Å². The Labute approximate surface area is 85.4 Å². The minimum Gasteiger partial charge on any atom is -0.206 e. The maximum absolute atomic E-state index is 13.0. The number of unbranched alkanes of at least 4 members (excludes halogenated alkanes) is 4. The van der Waals surface area contributed by atoms with Gasteiger partial charge in [0.05, 0.1) is 5.41 Å². The minimum absolute atomic E-state index is 0.0251. The molecule has 0 N–H and O–H groups in total. The van der Waals surface area contributed by atoms with Crippen LogP contribution in [0.2, 0.25) is 0 Å². The van der Waals surface area contributed by atoms with Gasteiger partial charge in [-0.1, -0.05) is 45.1 Å². The van der Waals surface area contributed by atoms with Crippen LogP contribution >= 0.6 is 0 Å². The summed E-state index contributed by atoms with van der Waals surface area (Å²) in [6, 6.07) is 0. The third-order valence-electron chi connectivity index (χ3n) is 3.26. The number of halogens is 2. The van der Waals surface area contributed by atoms with Gasteiger partial charge in [-0.15, -0.1) is 6.58 Å². The highest BCUT2D eigenvalue weighted by Gasteiger charge is 2.68. The Morgan fingerprint density at radius 3 is 2.21 bits per heavy atom. The molecule has 1 saturated carbocycles. The molecule has 1 unspecified atom stereocenters. The van der Waals surface area contributed by atoms with Crippen LogP contribution in [0.3, 0.4) is 0 Å². The fraction of sp³-hybridized carbons (Fsp3) is 0.833. The number of hydrogen-bond acceptors (Lipinski definition) is 0. The van der Waals surface area contributed by atoms with Crippen molar-refractivity contribution in [2.24, 2.45) is 5.41 Å². The molecule has 1 aliphatic rings. The van der Waals surface area contributed by atoms with E-state index in [2.05, 4.69) is 13.5 Å². The van der Waals surface area contributed by atoms with Gasteiger partial charge in [0, 0.05) is 6.42 Å². The summed E-state index contributed by atoms with van der Waals surface area (Å²) in [5.74, 6) is -2.46. The number of allylic oxidation sites excluding steroid dienone is 1. The van der Waals surface area contributed by atoms with Crippen LogP contribution in [-0.2, 0) is 0 Å². The lowest BCUT2D eigenvalue weighted by Gasteiger charge is -2.10. The zero-order chi connectivity index (χ0) is 10.7. The predicted molar refractivity (Wildman–Crippen MR) is 55.6 cm³/mol. The fourth-order valence-corrected chi connectivity index (χ4v) is 1.99. The third-order valence-corrected chi connectivity index (χ3v) is 3.26. The molecule has 0 radical (unpaired) electrons. The van der Waals surface area contributed by atoms with E-state index in [1.165, 1.54) is 25.3 Å². The zero-order valence-electron chi connectivity index (χ0n) is 8.99. The van der Waals surface area contributed by atoms with Gasteiger partial charge >= 0.3 is 0 Å². The van der Waals surface area contributed by atoms with Gasteiger partial charge in [-0.2, -0.15) is 0 Å². The molecule has 0 aromatic heterocycles. The highest BCUT2D eigenvalue weighted by atomic mass is 19.3. The van der Waals surface area contributed by atoms with Gasteiger partial charge in [-0.3, -0.25) is 0 Å². The maximum atomic E-state index is 13.0. The van der Waals surface area contributed by atoms with Crippen molar-refractivity contribution in [1.29, 1.82) is 0 Å². The van der Waals surface area contributed by atoms with Gasteiger partial charge in [-0.25, -0.2) is 8.78 Å². The molecule has 0 aromatic carbocycles. The molecule has 0 amide bonds. The van der Waals surface area contributed by atoms with E-state index in [-0.39, 0.29) is 6.42 Å². The molecule has 0 bridgehead atoms. The molecular formula is C12H20F2. The first kappa shape index (κ1) is 11.7. The average molecular weight is 202 g/mol. The van der Waals surface area contributed by atoms with Crippen LogP contribution in [-0.4, -0.2) is 5.92 Å². The summed E-state index contributed by atoms with van der Waals surface area (Å²) in [5, 5.41) is 0. The first-order valence-corrected chi connectivity index (χ1v) is 5.59. The summed E-state index contributed by atoms with van der Waals surface area (Å²) in [7, 11) is 0. The monoisotopic (exact) mass is 202 g/mol. The lowest BCUT2D eigenvalue weighted by Crippen LogP contribution is -2.07. The van der Waals surface area contributed by atoms with E-state index < -0.39 is 11.3 Å². The van der Waals surface area contributed by atoms with Crippen LogP contribution in [0, 0.1) is 5.41 Å². The van der Waals surface area contributed by atoms with Crippen molar-refractivity contribution in [2.45, 2.75) is 57.8 Å². The Hall–Kier alpha value is -0.400. The summed E-state index contributed by atoms with van der Waals surface area (Å²) in [4.78, 5) is 0. The lowest BCUT2D eigenvalue weighted by molar-refractivity contribution is 0.0757. The van der Waals surface area contributed by atoms with E-state index >= 15 is 0 Å². The molecule has 1 aliphatic carbocycles. The minimum atomic E-state index is -2.46. The second-order valence-electron chi connectivity index (χ2n) is 4.41. The van der Waals surface area contributed by atoms with Gasteiger partial charge in [0.25, 0.3) is 5.92 Å². The number of hydrogen-bond donors (Lipinski definition) is 0. The molecule has 0 nitrogen and oxygen atoms in total. The number of rotatable bonds is 7. The average Bonchev–Trinajstić information content (AvgIpc) is 2.69. The number of alkyl halides is 2. The molecule has 0 spiro atoms. The summed E-state index contributed by atoms with van der Waals surface area (Å²) >= 11 is 0. The van der Waals surface area contributed by atoms with E-state index in [1.807, 2.05) is 0 Å². The Balaban J connectivity index is 2.15. The molecule has 1 rings (SSSR count). The Bertz CT molecular complexity index is 198. The first-order valence-electron chi connectivity index (χ1n) is 5.59. The van der Waals surface area contributed by atoms with Gasteiger partial charge in [0.1, 0.15) is 0 Å². The second-order valence-corrected chi connectivity index (χ2v) is 4.41. The van der Waals surface area contributed by atoms with Crippen LogP contribution in [0.4, 0.5) is 8.78 Å². The zero-order valence-corrected chi connectivity index (χ0v) is 8.99. The Morgan fingerprint density at radius 2 is 1.79 bits per heavy atom. The van der Waals surface area contributed by atoms with Crippen LogP contribution in [0.1, 0.15) is 51.9 Å². The van der Waals surface area contributed by atoms with Gasteiger partial charge < -0.3 is 0 Å². The van der Waals surface area contributed by atoms with Crippen molar-refractivity contribution in [3.63, 3.8) is 0 Å². The molecule has 82 valence electrons. The fourth-order valence-electron chi connectivity index (χ4n) is 1.99. The SMILES string of the molecule is C=CC1(CCCCCCC)CC1(F)F. The lowest BCUT2D eigenvalue weighted by atomic mass is 9.97. The Morgan fingerprint density at radius 1 is 1.21 bits per heavy atom. The van der Waals surface area contributed by atoms with Crippen LogP contribution in [0.5, 0.6) is 0 Å². The molecule has 0 aromatic rings. The van der Waals surface area contributed by atoms with Gasteiger partial charge in [0.2, 0.25) is 0 Å². The largest absolute Gasteiger partial charge is 0.258 e. The summed E-state index contributed by atoms with van der Waals surface area (Å²) in [6.45, 7) is 5.68. The second kappa shape index (κ2) is 4.41. The van der Waals surface area contributed by atoms with E-state index in [1.54, 1.807) is 0 Å². The highest BCUT2D eigenvalue weighted by Crippen LogP contribution is 2.64. The van der Waals surface area contributed by atoms with Crippen molar-refractivity contribution < 1.29 is 8.78 Å². The van der Waals surface area contributed by atoms with E-state index in [0.717, 1.165) is 12.8 Å². The normalized spacial score (nSPS) is 28.8. The smallest absolute Gasteiger partial charge is 0.206 e. The third kappa shape index (κ3) is 2.34. The highest BCUT2D eigenvalue weighted by molar-refractivity contribution is 5.18. The Kier molecular flexibility index (Phi) is 3.68. The van der Waals surface area contributed by atoms with Crippen molar-refractivity contribution >= 4 is 0 Å². The van der Waals surface area contributed by atoms with Crippen LogP contribution in [0.25, 0.3) is 0 Å². The van der Waals surface area contributed by atoms with Crippen molar-refractivity contribution in [3.05, 3.63) is 12.7 Å². The summed E-state index contributed by atoms with van der Waals surface area (Å²) in [5.41, 5.74) is -0.834. The first-order chi connectivity index (χ1) is 6.58. The molecule has 0 heterocycles. The van der Waals surface area contributed by atoms with Gasteiger partial charge in [0.15, 0.2) is 0 Å². The van der Waals surface area contributed by atoms with Crippen molar-refractivity contribution in [3.8, 4) is 0 Å². The predicted octanol–water partition coefficient (Wildman–Crippen LogP) is 4.56. The quantitative estimate of drug-likeness (QED) is 0.419. The van der Waals surface area contributed by atoms with E-state index in [0.29, 0.717) is 6.42 Å². The molecule has 14 heavy (non-hydrogen) atoms. The topological polar surface area (TPSA) is 0 Å². The molecule has 0 saturated heterocycles. The molecule has 1 fully saturated rings. The van der Waals surface area contributed by atoms with Crippen LogP contribution in [0.15, 0.2) is 12.7 Å². The standard InChI is InChI=1S/C12H20F2/c1-3-5-6-7-8-9-11(4-2)10-12(11,13)14/h4H,2-3,5-10H2,1H3. The molecule has 1 atom stereocenters. The maximum Gasteiger partial charge on any atom is 0.258 e. The van der Waals surface area contributed by atoms with E-state index in [9.17, 15) is 8.78 Å². The molecular weight excluding hydrogens is 182 g/mol. The van der Waals surface area contributed by atoms with Crippen molar-refractivity contribution in [2.75, 3.05) is 0 Å². The summed E-state index contributed by atoms with van der Waals surface area (Å²) < 4.78 is 25.9. The van der Waals surface area contributed by atoms with Gasteiger partial charge in [-0.05, 0) is 6.42 Å². The van der Waals surface area contributed by atoms with Crippen molar-refractivity contribution in [1.82, 2.24) is 0 Å².